The largest absolute Gasteiger partial charge is 0.481 e. The number of fused-ring (bicyclic) bond motifs is 1. The van der Waals surface area contributed by atoms with Gasteiger partial charge in [0.2, 0.25) is 5.72 Å². The predicted molar refractivity (Wildman–Crippen MR) is 82.0 cm³/mol. The predicted octanol–water partition coefficient (Wildman–Crippen LogP) is 3.00. The molecule has 22 heavy (non-hydrogen) atoms. The van der Waals surface area contributed by atoms with Crippen LogP contribution in [-0.2, 0) is 11.2 Å². The van der Waals surface area contributed by atoms with Gasteiger partial charge in [0, 0.05) is 30.0 Å². The van der Waals surface area contributed by atoms with Crippen molar-refractivity contribution in [2.24, 2.45) is 0 Å². The van der Waals surface area contributed by atoms with E-state index in [1.807, 2.05) is 65.9 Å². The van der Waals surface area contributed by atoms with Gasteiger partial charge in [-0.05, 0) is 23.8 Å². The zero-order chi connectivity index (χ0) is 15.2. The Hall–Kier alpha value is -2.75. The van der Waals surface area contributed by atoms with Gasteiger partial charge in [0.05, 0.1) is 6.42 Å². The van der Waals surface area contributed by atoms with E-state index in [-0.39, 0.29) is 6.42 Å². The molecule has 1 N–H and O–H groups in total. The van der Waals surface area contributed by atoms with Gasteiger partial charge in [0.1, 0.15) is 5.75 Å². The van der Waals surface area contributed by atoms with Crippen molar-refractivity contribution in [3.8, 4) is 5.75 Å². The molecule has 3 aliphatic heterocycles. The van der Waals surface area contributed by atoms with Gasteiger partial charge in [-0.1, -0.05) is 30.4 Å². The van der Waals surface area contributed by atoms with Crippen molar-refractivity contribution in [3.05, 3.63) is 77.7 Å². The van der Waals surface area contributed by atoms with Crippen LogP contribution in [0.2, 0.25) is 0 Å². The molecule has 0 bridgehead atoms. The fourth-order valence-corrected chi connectivity index (χ4v) is 3.35. The van der Waals surface area contributed by atoms with E-state index in [1.165, 1.54) is 0 Å². The van der Waals surface area contributed by atoms with Crippen LogP contribution in [0, 0.1) is 0 Å². The second-order valence-electron chi connectivity index (χ2n) is 5.58. The Morgan fingerprint density at radius 3 is 2.82 bits per heavy atom. The molecule has 0 aliphatic carbocycles. The first-order chi connectivity index (χ1) is 10.7. The third kappa shape index (κ3) is 1.73. The SMILES string of the molecule is O=C(O)CC1=CC=CN2C=CC=C3Cc4ccccc4OC132. The second-order valence-corrected chi connectivity index (χ2v) is 5.58. The van der Waals surface area contributed by atoms with Gasteiger partial charge in [-0.2, -0.15) is 0 Å². The van der Waals surface area contributed by atoms with Crippen LogP contribution in [0.25, 0.3) is 0 Å². The lowest BCUT2D eigenvalue weighted by atomic mass is 9.81. The summed E-state index contributed by atoms with van der Waals surface area (Å²) in [5, 5.41) is 9.26. The van der Waals surface area contributed by atoms with Crippen LogP contribution in [0.3, 0.4) is 0 Å². The normalized spacial score (nSPS) is 24.5. The van der Waals surface area contributed by atoms with E-state index in [4.69, 9.17) is 4.74 Å². The summed E-state index contributed by atoms with van der Waals surface area (Å²) in [5.74, 6) is -0.0428. The lowest BCUT2D eigenvalue weighted by molar-refractivity contribution is -0.137. The van der Waals surface area contributed by atoms with E-state index in [9.17, 15) is 9.90 Å². The standard InChI is InChI=1S/C18H15NO3/c20-17(21)12-15-7-4-10-19-9-3-6-14-11-13-5-1-2-8-16(13)22-18(14,15)19/h1-10H,11-12H2,(H,20,21). The van der Waals surface area contributed by atoms with Crippen LogP contribution in [-0.4, -0.2) is 21.7 Å². The zero-order valence-electron chi connectivity index (χ0n) is 11.9. The van der Waals surface area contributed by atoms with Crippen molar-refractivity contribution in [2.75, 3.05) is 0 Å². The highest BCUT2D eigenvalue weighted by Crippen LogP contribution is 2.46. The number of benzene rings is 1. The van der Waals surface area contributed by atoms with Crippen LogP contribution >= 0.6 is 0 Å². The molecule has 0 fully saturated rings. The number of nitrogens with zero attached hydrogens (tertiary/aromatic N) is 1. The summed E-state index contributed by atoms with van der Waals surface area (Å²) in [4.78, 5) is 13.2. The molecule has 1 aromatic carbocycles. The molecule has 110 valence electrons. The number of hydrogen-bond acceptors (Lipinski definition) is 3. The summed E-state index contributed by atoms with van der Waals surface area (Å²) in [6.07, 6.45) is 12.3. The zero-order valence-corrected chi connectivity index (χ0v) is 11.9. The molecule has 3 heterocycles. The average molecular weight is 293 g/mol. The summed E-state index contributed by atoms with van der Waals surface area (Å²) >= 11 is 0. The molecule has 0 saturated carbocycles. The number of carboxylic acid groups (broad SMARTS) is 1. The lowest BCUT2D eigenvalue weighted by Crippen LogP contribution is -2.55. The minimum Gasteiger partial charge on any atom is -0.481 e. The van der Waals surface area contributed by atoms with Gasteiger partial charge in [-0.25, -0.2) is 0 Å². The van der Waals surface area contributed by atoms with Crippen molar-refractivity contribution in [3.63, 3.8) is 0 Å². The third-order valence-corrected chi connectivity index (χ3v) is 4.28. The molecular weight excluding hydrogens is 278 g/mol. The molecule has 4 nitrogen and oxygen atoms in total. The summed E-state index contributed by atoms with van der Waals surface area (Å²) in [6.45, 7) is 0. The van der Waals surface area contributed by atoms with Gasteiger partial charge in [0.25, 0.3) is 0 Å². The number of carbonyl (C=O) groups is 1. The number of hydrogen-bond donors (Lipinski definition) is 1. The highest BCUT2D eigenvalue weighted by atomic mass is 16.5. The summed E-state index contributed by atoms with van der Waals surface area (Å²) < 4.78 is 6.36. The number of para-hydroxylation sites is 1. The fraction of sp³-hybridized carbons (Fsp3) is 0.167. The first-order valence-electron chi connectivity index (χ1n) is 7.23. The highest BCUT2D eigenvalue weighted by molar-refractivity contribution is 5.72. The molecule has 0 saturated heterocycles. The van der Waals surface area contributed by atoms with E-state index >= 15 is 0 Å². The van der Waals surface area contributed by atoms with Crippen LogP contribution in [0.4, 0.5) is 0 Å². The maximum Gasteiger partial charge on any atom is 0.307 e. The van der Waals surface area contributed by atoms with Gasteiger partial charge >= 0.3 is 5.97 Å². The van der Waals surface area contributed by atoms with Gasteiger partial charge in [-0.15, -0.1) is 0 Å². The van der Waals surface area contributed by atoms with Crippen LogP contribution in [0.1, 0.15) is 12.0 Å². The molecule has 0 aromatic heterocycles. The van der Waals surface area contributed by atoms with Crippen LogP contribution in [0.5, 0.6) is 5.75 Å². The number of carboxylic acids is 1. The smallest absolute Gasteiger partial charge is 0.307 e. The van der Waals surface area contributed by atoms with Gasteiger partial charge in [-0.3, -0.25) is 4.79 Å². The highest BCUT2D eigenvalue weighted by Gasteiger charge is 2.49. The fourth-order valence-electron chi connectivity index (χ4n) is 3.35. The molecular formula is C18H15NO3. The van der Waals surface area contributed by atoms with Crippen molar-refractivity contribution in [2.45, 2.75) is 18.6 Å². The Balaban J connectivity index is 1.88. The molecule has 0 radical (unpaired) electrons. The van der Waals surface area contributed by atoms with E-state index in [1.54, 1.807) is 0 Å². The number of allylic oxidation sites excluding steroid dienone is 4. The van der Waals surface area contributed by atoms with Gasteiger partial charge < -0.3 is 14.7 Å². The lowest BCUT2D eigenvalue weighted by Gasteiger charge is -2.49. The van der Waals surface area contributed by atoms with E-state index < -0.39 is 11.7 Å². The maximum absolute atomic E-state index is 11.3. The Bertz CT molecular complexity index is 772. The second kappa shape index (κ2) is 4.63. The minimum absolute atomic E-state index is 0.0474. The topological polar surface area (TPSA) is 49.8 Å². The first kappa shape index (κ1) is 13.0. The van der Waals surface area contributed by atoms with Crippen molar-refractivity contribution < 1.29 is 14.6 Å². The van der Waals surface area contributed by atoms with Crippen LogP contribution in [0.15, 0.2) is 72.1 Å². The molecule has 1 atom stereocenters. The van der Waals surface area contributed by atoms with E-state index in [0.29, 0.717) is 0 Å². The number of ether oxygens (including phenoxy) is 1. The Morgan fingerprint density at radius 1 is 1.23 bits per heavy atom. The Kier molecular flexibility index (Phi) is 2.73. The quantitative estimate of drug-likeness (QED) is 0.910. The molecule has 1 unspecified atom stereocenters. The van der Waals surface area contributed by atoms with Crippen molar-refractivity contribution in [1.82, 2.24) is 4.90 Å². The summed E-state index contributed by atoms with van der Waals surface area (Å²) in [7, 11) is 0. The monoisotopic (exact) mass is 293 g/mol. The van der Waals surface area contributed by atoms with Gasteiger partial charge in [0.15, 0.2) is 0 Å². The molecule has 1 aromatic rings. The molecule has 1 spiro atoms. The van der Waals surface area contributed by atoms with Crippen molar-refractivity contribution in [1.29, 1.82) is 0 Å². The molecule has 4 rings (SSSR count). The average Bonchev–Trinajstić information content (AvgIpc) is 2.51. The molecule has 0 amide bonds. The third-order valence-electron chi connectivity index (χ3n) is 4.28. The van der Waals surface area contributed by atoms with E-state index in [2.05, 4.69) is 0 Å². The number of rotatable bonds is 2. The first-order valence-corrected chi connectivity index (χ1v) is 7.23. The summed E-state index contributed by atoms with van der Waals surface area (Å²) in [5.41, 5.74) is 2.09. The Labute approximate surface area is 128 Å². The Morgan fingerprint density at radius 2 is 2.00 bits per heavy atom. The molecule has 3 aliphatic rings. The number of aliphatic carboxylic acids is 1. The molecule has 4 heteroatoms. The maximum atomic E-state index is 11.3. The minimum atomic E-state index is -0.854. The van der Waals surface area contributed by atoms with E-state index in [0.717, 1.165) is 28.9 Å². The summed E-state index contributed by atoms with van der Waals surface area (Å²) in [6, 6.07) is 7.91. The van der Waals surface area contributed by atoms with Crippen molar-refractivity contribution >= 4 is 5.97 Å². The van der Waals surface area contributed by atoms with Crippen LogP contribution < -0.4 is 4.74 Å².